The lowest BCUT2D eigenvalue weighted by Crippen LogP contribution is -2.41. The van der Waals surface area contributed by atoms with Crippen molar-refractivity contribution in [3.05, 3.63) is 48.0 Å². The van der Waals surface area contributed by atoms with E-state index in [0.29, 0.717) is 19.8 Å². The summed E-state index contributed by atoms with van der Waals surface area (Å²) in [6, 6.07) is 15.2. The van der Waals surface area contributed by atoms with Crippen molar-refractivity contribution in [2.45, 2.75) is 25.5 Å². The van der Waals surface area contributed by atoms with Crippen molar-refractivity contribution in [2.75, 3.05) is 26.4 Å². The van der Waals surface area contributed by atoms with Crippen LogP contribution in [0.2, 0.25) is 0 Å². The molecule has 1 saturated heterocycles. The van der Waals surface area contributed by atoms with Crippen LogP contribution in [0.3, 0.4) is 0 Å². The zero-order valence-corrected chi connectivity index (χ0v) is 12.5. The van der Waals surface area contributed by atoms with Crippen LogP contribution >= 0.6 is 0 Å². The van der Waals surface area contributed by atoms with Gasteiger partial charge in [0.2, 0.25) is 0 Å². The molecule has 21 heavy (non-hydrogen) atoms. The van der Waals surface area contributed by atoms with Crippen molar-refractivity contribution < 1.29 is 9.47 Å². The lowest BCUT2D eigenvalue weighted by atomic mass is 9.95. The molecule has 3 rings (SSSR count). The quantitative estimate of drug-likeness (QED) is 0.914. The Kier molecular flexibility index (Phi) is 4.86. The number of hydrogen-bond acceptors (Lipinski definition) is 3. The van der Waals surface area contributed by atoms with Gasteiger partial charge < -0.3 is 14.8 Å². The summed E-state index contributed by atoms with van der Waals surface area (Å²) >= 11 is 0. The average Bonchev–Trinajstić information content (AvgIpc) is 2.56. The molecule has 2 unspecified atom stereocenters. The second-order valence-corrected chi connectivity index (χ2v) is 5.48. The number of rotatable bonds is 5. The Morgan fingerprint density at radius 1 is 1.14 bits per heavy atom. The van der Waals surface area contributed by atoms with Crippen LogP contribution in [0.4, 0.5) is 0 Å². The van der Waals surface area contributed by atoms with E-state index < -0.39 is 0 Å². The van der Waals surface area contributed by atoms with Gasteiger partial charge in [0.05, 0.1) is 25.9 Å². The van der Waals surface area contributed by atoms with Crippen molar-refractivity contribution >= 4 is 10.8 Å². The molecule has 0 aromatic heterocycles. The molecule has 0 saturated carbocycles. The molecule has 1 fully saturated rings. The average molecular weight is 285 g/mol. The van der Waals surface area contributed by atoms with E-state index in [0.717, 1.165) is 13.0 Å². The molecule has 0 spiro atoms. The van der Waals surface area contributed by atoms with Gasteiger partial charge in [-0.25, -0.2) is 0 Å². The molecular weight excluding hydrogens is 262 g/mol. The van der Waals surface area contributed by atoms with Crippen molar-refractivity contribution in [1.82, 2.24) is 5.32 Å². The first kappa shape index (κ1) is 14.5. The maximum Gasteiger partial charge on any atom is 0.100 e. The highest BCUT2D eigenvalue weighted by Gasteiger charge is 2.27. The number of fused-ring (bicyclic) bond motifs is 1. The van der Waals surface area contributed by atoms with E-state index in [-0.39, 0.29) is 12.1 Å². The van der Waals surface area contributed by atoms with Crippen LogP contribution in [-0.2, 0) is 9.47 Å². The second-order valence-electron chi connectivity index (χ2n) is 5.48. The van der Waals surface area contributed by atoms with Crippen LogP contribution in [0.25, 0.3) is 10.8 Å². The van der Waals surface area contributed by atoms with Crippen LogP contribution in [0, 0.1) is 0 Å². The number of nitrogens with one attached hydrogen (secondary N) is 1. The Labute approximate surface area is 126 Å². The molecule has 1 N–H and O–H groups in total. The third kappa shape index (κ3) is 3.26. The molecule has 1 heterocycles. The number of ether oxygens (including phenoxy) is 2. The van der Waals surface area contributed by atoms with E-state index in [4.69, 9.17) is 9.47 Å². The molecule has 0 amide bonds. The van der Waals surface area contributed by atoms with Crippen molar-refractivity contribution in [1.29, 1.82) is 0 Å². The molecule has 112 valence electrons. The Hall–Kier alpha value is -1.42. The molecule has 0 aliphatic carbocycles. The molecule has 2 aromatic carbocycles. The SMILES string of the molecule is CCCNC(c1cccc2ccccc12)C1COCCO1. The molecule has 2 atom stereocenters. The Morgan fingerprint density at radius 3 is 2.81 bits per heavy atom. The fourth-order valence-corrected chi connectivity index (χ4v) is 2.96. The summed E-state index contributed by atoms with van der Waals surface area (Å²) in [5.74, 6) is 0. The highest BCUT2D eigenvalue weighted by atomic mass is 16.6. The molecule has 0 radical (unpaired) electrons. The first-order valence-corrected chi connectivity index (χ1v) is 7.80. The highest BCUT2D eigenvalue weighted by molar-refractivity contribution is 5.86. The minimum atomic E-state index is 0.0797. The molecule has 3 nitrogen and oxygen atoms in total. The predicted octanol–water partition coefficient (Wildman–Crippen LogP) is 3.30. The summed E-state index contributed by atoms with van der Waals surface area (Å²) in [5, 5.41) is 6.21. The largest absolute Gasteiger partial charge is 0.376 e. The minimum Gasteiger partial charge on any atom is -0.376 e. The molecule has 2 aromatic rings. The van der Waals surface area contributed by atoms with Crippen LogP contribution in [0.5, 0.6) is 0 Å². The van der Waals surface area contributed by atoms with Gasteiger partial charge in [-0.2, -0.15) is 0 Å². The summed E-state index contributed by atoms with van der Waals surface area (Å²) in [4.78, 5) is 0. The summed E-state index contributed by atoms with van der Waals surface area (Å²) in [6.07, 6.45) is 1.19. The van der Waals surface area contributed by atoms with Gasteiger partial charge in [-0.15, -0.1) is 0 Å². The van der Waals surface area contributed by atoms with E-state index >= 15 is 0 Å². The maximum absolute atomic E-state index is 5.95. The fraction of sp³-hybridized carbons (Fsp3) is 0.444. The van der Waals surface area contributed by atoms with E-state index in [2.05, 4.69) is 54.7 Å². The third-order valence-corrected chi connectivity index (χ3v) is 3.99. The van der Waals surface area contributed by atoms with E-state index in [1.165, 1.54) is 16.3 Å². The Bertz CT molecular complexity index is 573. The lowest BCUT2D eigenvalue weighted by Gasteiger charge is -2.32. The smallest absolute Gasteiger partial charge is 0.100 e. The summed E-state index contributed by atoms with van der Waals surface area (Å²) in [7, 11) is 0. The van der Waals surface area contributed by atoms with Crippen LogP contribution in [0.15, 0.2) is 42.5 Å². The van der Waals surface area contributed by atoms with E-state index in [1.54, 1.807) is 0 Å². The zero-order valence-electron chi connectivity index (χ0n) is 12.5. The van der Waals surface area contributed by atoms with Gasteiger partial charge in [0.25, 0.3) is 0 Å². The van der Waals surface area contributed by atoms with Crippen LogP contribution in [0.1, 0.15) is 24.9 Å². The van der Waals surface area contributed by atoms with Gasteiger partial charge in [0, 0.05) is 0 Å². The normalized spacial score (nSPS) is 20.5. The second kappa shape index (κ2) is 7.03. The van der Waals surface area contributed by atoms with Gasteiger partial charge in [-0.3, -0.25) is 0 Å². The van der Waals surface area contributed by atoms with Crippen molar-refractivity contribution in [3.63, 3.8) is 0 Å². The Morgan fingerprint density at radius 2 is 2.00 bits per heavy atom. The molecule has 1 aliphatic rings. The lowest BCUT2D eigenvalue weighted by molar-refractivity contribution is -0.102. The standard InChI is InChI=1S/C18H23NO2/c1-2-10-19-18(17-13-20-11-12-21-17)16-9-5-7-14-6-3-4-8-15(14)16/h3-9,17-19H,2,10-13H2,1H3. The summed E-state index contributed by atoms with van der Waals surface area (Å²) < 4.78 is 11.6. The molecule has 0 bridgehead atoms. The minimum absolute atomic E-state index is 0.0797. The number of hydrogen-bond donors (Lipinski definition) is 1. The molecule has 3 heteroatoms. The zero-order chi connectivity index (χ0) is 14.5. The van der Waals surface area contributed by atoms with E-state index in [1.807, 2.05) is 0 Å². The first-order valence-electron chi connectivity index (χ1n) is 7.80. The topological polar surface area (TPSA) is 30.5 Å². The first-order chi connectivity index (χ1) is 10.4. The summed E-state index contributed by atoms with van der Waals surface area (Å²) in [6.45, 7) is 5.20. The molecular formula is C18H23NO2. The van der Waals surface area contributed by atoms with Gasteiger partial charge in [0.15, 0.2) is 0 Å². The maximum atomic E-state index is 5.95. The predicted molar refractivity (Wildman–Crippen MR) is 85.5 cm³/mol. The summed E-state index contributed by atoms with van der Waals surface area (Å²) in [5.41, 5.74) is 1.30. The van der Waals surface area contributed by atoms with Gasteiger partial charge in [-0.05, 0) is 29.3 Å². The van der Waals surface area contributed by atoms with Crippen LogP contribution in [-0.4, -0.2) is 32.5 Å². The molecule has 1 aliphatic heterocycles. The van der Waals surface area contributed by atoms with Crippen molar-refractivity contribution in [3.8, 4) is 0 Å². The highest BCUT2D eigenvalue weighted by Crippen LogP contribution is 2.28. The third-order valence-electron chi connectivity index (χ3n) is 3.99. The van der Waals surface area contributed by atoms with Crippen molar-refractivity contribution in [2.24, 2.45) is 0 Å². The van der Waals surface area contributed by atoms with Gasteiger partial charge in [0.1, 0.15) is 6.10 Å². The van der Waals surface area contributed by atoms with Crippen LogP contribution < -0.4 is 5.32 Å². The van der Waals surface area contributed by atoms with Gasteiger partial charge >= 0.3 is 0 Å². The fourth-order valence-electron chi connectivity index (χ4n) is 2.96. The Balaban J connectivity index is 1.96. The van der Waals surface area contributed by atoms with E-state index in [9.17, 15) is 0 Å². The number of benzene rings is 2. The van der Waals surface area contributed by atoms with Gasteiger partial charge in [-0.1, -0.05) is 49.4 Å². The monoisotopic (exact) mass is 285 g/mol.